The molecule has 0 saturated heterocycles. The Kier molecular flexibility index (Phi) is 3.16. The first kappa shape index (κ1) is 13.0. The van der Waals surface area contributed by atoms with Gasteiger partial charge in [-0.05, 0) is 24.6 Å². The maximum Gasteiger partial charge on any atom is 0.153 e. The lowest BCUT2D eigenvalue weighted by atomic mass is 10.0. The molecule has 102 valence electrons. The van der Waals surface area contributed by atoms with Gasteiger partial charge < -0.3 is 5.73 Å². The molecule has 0 bridgehead atoms. The van der Waals surface area contributed by atoms with Crippen LogP contribution in [0, 0.1) is 6.92 Å². The molecule has 0 unspecified atom stereocenters. The highest BCUT2D eigenvalue weighted by molar-refractivity contribution is 6.42. The summed E-state index contributed by atoms with van der Waals surface area (Å²) in [4.78, 5) is 0. The molecule has 0 aliphatic heterocycles. The number of nitrogen functional groups attached to an aromatic ring is 1. The molecule has 4 N–H and O–H groups in total. The van der Waals surface area contributed by atoms with Crippen molar-refractivity contribution in [3.05, 3.63) is 40.1 Å². The van der Waals surface area contributed by atoms with Crippen LogP contribution in [0.15, 0.2) is 24.4 Å². The SMILES string of the molecule is Cc1[nH]ncc1-c1[nH]nc(N)c1-c1ccc(Cl)c(Cl)c1. The Balaban J connectivity index is 2.21. The molecule has 2 heterocycles. The number of anilines is 1. The highest BCUT2D eigenvalue weighted by Gasteiger charge is 2.17. The normalized spacial score (nSPS) is 10.9. The summed E-state index contributed by atoms with van der Waals surface area (Å²) in [6.07, 6.45) is 1.73. The second-order valence-corrected chi connectivity index (χ2v) is 5.21. The van der Waals surface area contributed by atoms with Crippen LogP contribution in [-0.2, 0) is 0 Å². The van der Waals surface area contributed by atoms with Gasteiger partial charge in [-0.3, -0.25) is 10.2 Å². The minimum Gasteiger partial charge on any atom is -0.382 e. The van der Waals surface area contributed by atoms with Crippen LogP contribution in [0.5, 0.6) is 0 Å². The fourth-order valence-electron chi connectivity index (χ4n) is 2.10. The van der Waals surface area contributed by atoms with Crippen molar-refractivity contribution < 1.29 is 0 Å². The highest BCUT2D eigenvalue weighted by Crippen LogP contribution is 2.37. The number of H-pyrrole nitrogens is 2. The van der Waals surface area contributed by atoms with E-state index in [-0.39, 0.29) is 0 Å². The summed E-state index contributed by atoms with van der Waals surface area (Å²) in [5.41, 5.74) is 10.2. The van der Waals surface area contributed by atoms with Gasteiger partial charge in [-0.25, -0.2) is 0 Å². The fourth-order valence-corrected chi connectivity index (χ4v) is 2.40. The molecule has 0 amide bonds. The number of benzene rings is 1. The quantitative estimate of drug-likeness (QED) is 0.675. The maximum atomic E-state index is 6.07. The number of aryl methyl sites for hydroxylation is 1. The van der Waals surface area contributed by atoms with Gasteiger partial charge in [-0.1, -0.05) is 29.3 Å². The molecule has 0 radical (unpaired) electrons. The molecule has 3 rings (SSSR count). The Bertz CT molecular complexity index is 775. The van der Waals surface area contributed by atoms with E-state index in [4.69, 9.17) is 28.9 Å². The van der Waals surface area contributed by atoms with Crippen LogP contribution in [-0.4, -0.2) is 20.4 Å². The van der Waals surface area contributed by atoms with E-state index in [1.54, 1.807) is 18.3 Å². The van der Waals surface area contributed by atoms with Gasteiger partial charge in [0.05, 0.1) is 27.5 Å². The van der Waals surface area contributed by atoms with Gasteiger partial charge in [0.2, 0.25) is 0 Å². The van der Waals surface area contributed by atoms with E-state index >= 15 is 0 Å². The van der Waals surface area contributed by atoms with Crippen LogP contribution in [0.25, 0.3) is 22.4 Å². The van der Waals surface area contributed by atoms with E-state index in [1.165, 1.54) is 0 Å². The predicted molar refractivity (Wildman–Crippen MR) is 80.8 cm³/mol. The zero-order chi connectivity index (χ0) is 14.3. The van der Waals surface area contributed by atoms with E-state index < -0.39 is 0 Å². The first-order chi connectivity index (χ1) is 9.58. The van der Waals surface area contributed by atoms with Crippen molar-refractivity contribution in [1.82, 2.24) is 20.4 Å². The standard InChI is InChI=1S/C13H11Cl2N5/c1-6-8(5-17-18-6)12-11(13(16)20-19-12)7-2-3-9(14)10(15)4-7/h2-5H,1H3,(H,17,18)(H3,16,19,20). The second kappa shape index (κ2) is 4.85. The van der Waals surface area contributed by atoms with Crippen LogP contribution in [0.1, 0.15) is 5.69 Å². The molecule has 0 atom stereocenters. The summed E-state index contributed by atoms with van der Waals surface area (Å²) >= 11 is 12.0. The topological polar surface area (TPSA) is 83.4 Å². The molecular weight excluding hydrogens is 297 g/mol. The Morgan fingerprint density at radius 1 is 1.15 bits per heavy atom. The van der Waals surface area contributed by atoms with Gasteiger partial charge in [0.25, 0.3) is 0 Å². The summed E-state index contributed by atoms with van der Waals surface area (Å²) < 4.78 is 0. The van der Waals surface area contributed by atoms with E-state index in [9.17, 15) is 0 Å². The summed E-state index contributed by atoms with van der Waals surface area (Å²) in [7, 11) is 0. The molecule has 1 aromatic carbocycles. The predicted octanol–water partition coefficient (Wildman–Crippen LogP) is 3.66. The van der Waals surface area contributed by atoms with Gasteiger partial charge in [0.15, 0.2) is 5.82 Å². The minimum atomic E-state index is 0.402. The zero-order valence-corrected chi connectivity index (χ0v) is 12.0. The summed E-state index contributed by atoms with van der Waals surface area (Å²) in [6, 6.07) is 5.36. The Morgan fingerprint density at radius 2 is 1.95 bits per heavy atom. The molecule has 5 nitrogen and oxygen atoms in total. The van der Waals surface area contributed by atoms with Gasteiger partial charge in [-0.15, -0.1) is 0 Å². The third-order valence-electron chi connectivity index (χ3n) is 3.10. The smallest absolute Gasteiger partial charge is 0.153 e. The van der Waals surface area contributed by atoms with Crippen LogP contribution in [0.4, 0.5) is 5.82 Å². The molecule has 0 spiro atoms. The molecule has 20 heavy (non-hydrogen) atoms. The fraction of sp³-hybridized carbons (Fsp3) is 0.0769. The third-order valence-corrected chi connectivity index (χ3v) is 3.84. The number of aromatic nitrogens is 4. The van der Waals surface area contributed by atoms with Crippen molar-refractivity contribution in [2.24, 2.45) is 0 Å². The van der Waals surface area contributed by atoms with E-state index in [2.05, 4.69) is 20.4 Å². The molecule has 0 fully saturated rings. The summed E-state index contributed by atoms with van der Waals surface area (Å²) in [6.45, 7) is 1.93. The van der Waals surface area contributed by atoms with Crippen molar-refractivity contribution in [2.75, 3.05) is 5.73 Å². The van der Waals surface area contributed by atoms with Crippen LogP contribution < -0.4 is 5.73 Å². The van der Waals surface area contributed by atoms with Crippen LogP contribution >= 0.6 is 23.2 Å². The lowest BCUT2D eigenvalue weighted by Gasteiger charge is -2.05. The van der Waals surface area contributed by atoms with Gasteiger partial charge in [0, 0.05) is 11.3 Å². The van der Waals surface area contributed by atoms with Gasteiger partial charge in [-0.2, -0.15) is 10.2 Å². The molecule has 2 aromatic heterocycles. The van der Waals surface area contributed by atoms with Gasteiger partial charge >= 0.3 is 0 Å². The van der Waals surface area contributed by atoms with Crippen molar-refractivity contribution in [2.45, 2.75) is 6.92 Å². The van der Waals surface area contributed by atoms with Crippen molar-refractivity contribution in [1.29, 1.82) is 0 Å². The number of aromatic amines is 2. The average molecular weight is 308 g/mol. The number of rotatable bonds is 2. The van der Waals surface area contributed by atoms with E-state index in [1.807, 2.05) is 13.0 Å². The molecule has 0 saturated carbocycles. The maximum absolute atomic E-state index is 6.07. The first-order valence-electron chi connectivity index (χ1n) is 5.87. The number of halogens is 2. The molecule has 7 heteroatoms. The Labute approximate surface area is 125 Å². The van der Waals surface area contributed by atoms with Gasteiger partial charge in [0.1, 0.15) is 0 Å². The highest BCUT2D eigenvalue weighted by atomic mass is 35.5. The first-order valence-corrected chi connectivity index (χ1v) is 6.63. The van der Waals surface area contributed by atoms with E-state index in [0.29, 0.717) is 15.9 Å². The van der Waals surface area contributed by atoms with E-state index in [0.717, 1.165) is 28.1 Å². The number of nitrogens with two attached hydrogens (primary N) is 1. The van der Waals surface area contributed by atoms with Crippen LogP contribution in [0.3, 0.4) is 0 Å². The Morgan fingerprint density at radius 3 is 2.60 bits per heavy atom. The number of nitrogens with zero attached hydrogens (tertiary/aromatic N) is 2. The lowest BCUT2D eigenvalue weighted by Crippen LogP contribution is -1.89. The summed E-state index contributed by atoms with van der Waals surface area (Å²) in [5, 5.41) is 14.9. The number of hydrogen-bond donors (Lipinski definition) is 3. The van der Waals surface area contributed by atoms with Crippen LogP contribution in [0.2, 0.25) is 10.0 Å². The molecular formula is C13H11Cl2N5. The molecule has 3 aromatic rings. The average Bonchev–Trinajstić information content (AvgIpc) is 2.99. The van der Waals surface area contributed by atoms with Crippen molar-refractivity contribution in [3.8, 4) is 22.4 Å². The lowest BCUT2D eigenvalue weighted by molar-refractivity contribution is 1.05. The number of hydrogen-bond acceptors (Lipinski definition) is 3. The second-order valence-electron chi connectivity index (χ2n) is 4.40. The van der Waals surface area contributed by atoms with Crippen molar-refractivity contribution in [3.63, 3.8) is 0 Å². The molecule has 0 aliphatic carbocycles. The largest absolute Gasteiger partial charge is 0.382 e. The molecule has 0 aliphatic rings. The number of nitrogens with one attached hydrogen (secondary N) is 2. The third kappa shape index (κ3) is 2.05. The monoisotopic (exact) mass is 307 g/mol. The summed E-state index contributed by atoms with van der Waals surface area (Å²) in [5.74, 6) is 0.402. The zero-order valence-electron chi connectivity index (χ0n) is 10.5. The Hall–Kier alpha value is -1.98. The minimum absolute atomic E-state index is 0.402. The van der Waals surface area contributed by atoms with Crippen molar-refractivity contribution >= 4 is 29.0 Å².